The molecule has 4 heterocycles. The number of hydrogen-bond acceptors (Lipinski definition) is 7. The summed E-state index contributed by atoms with van der Waals surface area (Å²) >= 11 is 1.79. The predicted molar refractivity (Wildman–Crippen MR) is 101 cm³/mol. The van der Waals surface area contributed by atoms with E-state index in [-0.39, 0.29) is 0 Å². The number of ether oxygens (including phenoxy) is 1. The van der Waals surface area contributed by atoms with Crippen molar-refractivity contribution in [2.75, 3.05) is 25.6 Å². The van der Waals surface area contributed by atoms with Gasteiger partial charge in [-0.2, -0.15) is 4.52 Å². The van der Waals surface area contributed by atoms with E-state index in [1.807, 2.05) is 12.1 Å². The van der Waals surface area contributed by atoms with Crippen molar-refractivity contribution >= 4 is 33.1 Å². The van der Waals surface area contributed by atoms with Crippen molar-refractivity contribution < 1.29 is 9.15 Å². The van der Waals surface area contributed by atoms with Crippen molar-refractivity contribution in [2.24, 2.45) is 0 Å². The van der Waals surface area contributed by atoms with Crippen molar-refractivity contribution in [1.82, 2.24) is 19.6 Å². The first-order valence-electron chi connectivity index (χ1n) is 8.83. The zero-order valence-electron chi connectivity index (χ0n) is 14.5. The number of fused-ring (bicyclic) bond motifs is 5. The fourth-order valence-electron chi connectivity index (χ4n) is 3.52. The first-order valence-corrected chi connectivity index (χ1v) is 9.64. The molecule has 134 valence electrons. The fraction of sp³-hybridized carbons (Fsp3) is 0.389. The molecule has 0 spiro atoms. The van der Waals surface area contributed by atoms with Crippen LogP contribution in [0.25, 0.3) is 27.4 Å². The standard InChI is InChI=1S/C18H19N5O2S/c1-24-10-8-19-18-21-17-14(11-5-2-3-7-13(11)26-17)16-20-15(22-23(16)18)12-6-4-9-25-12/h4,6,9H,2-3,5,7-8,10H2,1H3,(H,19,21). The van der Waals surface area contributed by atoms with Crippen molar-refractivity contribution in [1.29, 1.82) is 0 Å². The van der Waals surface area contributed by atoms with E-state index in [1.165, 1.54) is 23.3 Å². The van der Waals surface area contributed by atoms with Crippen molar-refractivity contribution in [3.63, 3.8) is 0 Å². The van der Waals surface area contributed by atoms with Crippen LogP contribution in [0.1, 0.15) is 23.3 Å². The summed E-state index contributed by atoms with van der Waals surface area (Å²) in [5.41, 5.74) is 2.25. The number of nitrogens with zero attached hydrogens (tertiary/aromatic N) is 4. The highest BCUT2D eigenvalue weighted by molar-refractivity contribution is 7.19. The van der Waals surface area contributed by atoms with Crippen LogP contribution >= 0.6 is 11.3 Å². The van der Waals surface area contributed by atoms with Crippen molar-refractivity contribution in [3.05, 3.63) is 28.8 Å². The second-order valence-corrected chi connectivity index (χ2v) is 7.48. The van der Waals surface area contributed by atoms with Gasteiger partial charge in [0.1, 0.15) is 4.83 Å². The minimum Gasteiger partial charge on any atom is -0.461 e. The zero-order chi connectivity index (χ0) is 17.5. The molecule has 0 saturated heterocycles. The average Bonchev–Trinajstić information content (AvgIpc) is 3.38. The molecule has 0 unspecified atom stereocenters. The molecule has 0 radical (unpaired) electrons. The Hall–Kier alpha value is -2.45. The van der Waals surface area contributed by atoms with Gasteiger partial charge >= 0.3 is 0 Å². The number of aryl methyl sites for hydroxylation is 2. The van der Waals surface area contributed by atoms with Crippen LogP contribution in [0.2, 0.25) is 0 Å². The molecule has 0 fully saturated rings. The second kappa shape index (κ2) is 6.37. The molecule has 4 aromatic heterocycles. The number of furan rings is 1. The van der Waals surface area contributed by atoms with Crippen LogP contribution in [0.3, 0.4) is 0 Å². The van der Waals surface area contributed by atoms with Gasteiger partial charge in [-0.25, -0.2) is 9.97 Å². The first-order chi connectivity index (χ1) is 12.8. The van der Waals surface area contributed by atoms with E-state index in [0.717, 1.165) is 28.7 Å². The molecule has 0 aromatic carbocycles. The first kappa shape index (κ1) is 15.8. The highest BCUT2D eigenvalue weighted by Gasteiger charge is 2.23. The maximum Gasteiger partial charge on any atom is 0.227 e. The van der Waals surface area contributed by atoms with Gasteiger partial charge in [-0.15, -0.1) is 16.4 Å². The third kappa shape index (κ3) is 2.48. The molecule has 0 amide bonds. The van der Waals surface area contributed by atoms with Gasteiger partial charge in [0.05, 0.1) is 18.3 Å². The third-order valence-corrected chi connectivity index (χ3v) is 5.91. The number of hydrogen-bond donors (Lipinski definition) is 1. The number of nitrogens with one attached hydrogen (secondary N) is 1. The Morgan fingerprint density at radius 2 is 2.23 bits per heavy atom. The molecule has 1 aliphatic rings. The SMILES string of the molecule is COCCNc1nc2sc3c(c2c2nc(-c4ccco4)nn12)CCCC3. The molecule has 5 rings (SSSR count). The Morgan fingerprint density at radius 3 is 3.08 bits per heavy atom. The van der Waals surface area contributed by atoms with Gasteiger partial charge in [0.2, 0.25) is 11.8 Å². The lowest BCUT2D eigenvalue weighted by Crippen LogP contribution is -2.12. The van der Waals surface area contributed by atoms with Crippen molar-refractivity contribution in [2.45, 2.75) is 25.7 Å². The largest absolute Gasteiger partial charge is 0.461 e. The number of methoxy groups -OCH3 is 1. The van der Waals surface area contributed by atoms with Crippen LogP contribution in [0.5, 0.6) is 0 Å². The molecular formula is C18H19N5O2S. The summed E-state index contributed by atoms with van der Waals surface area (Å²) in [4.78, 5) is 12.1. The summed E-state index contributed by atoms with van der Waals surface area (Å²) in [7, 11) is 1.69. The smallest absolute Gasteiger partial charge is 0.227 e. The Labute approximate surface area is 154 Å². The van der Waals surface area contributed by atoms with E-state index in [2.05, 4.69) is 10.4 Å². The van der Waals surface area contributed by atoms with Gasteiger partial charge in [0, 0.05) is 18.5 Å². The van der Waals surface area contributed by atoms with E-state index >= 15 is 0 Å². The van der Waals surface area contributed by atoms with Crippen LogP contribution in [-0.2, 0) is 17.6 Å². The summed E-state index contributed by atoms with van der Waals surface area (Å²) in [5.74, 6) is 1.93. The topological polar surface area (TPSA) is 77.5 Å². The minimum absolute atomic E-state index is 0.579. The van der Waals surface area contributed by atoms with E-state index < -0.39 is 0 Å². The summed E-state index contributed by atoms with van der Waals surface area (Å²) in [5, 5.41) is 9.13. The third-order valence-electron chi connectivity index (χ3n) is 4.72. The minimum atomic E-state index is 0.579. The van der Waals surface area contributed by atoms with E-state index in [1.54, 1.807) is 29.2 Å². The summed E-state index contributed by atoms with van der Waals surface area (Å²) in [6.07, 6.45) is 6.33. The Bertz CT molecular complexity index is 1070. The quantitative estimate of drug-likeness (QED) is 0.542. The van der Waals surface area contributed by atoms with E-state index in [9.17, 15) is 0 Å². The zero-order valence-corrected chi connectivity index (χ0v) is 15.3. The number of rotatable bonds is 5. The summed E-state index contributed by atoms with van der Waals surface area (Å²) in [6, 6.07) is 3.72. The van der Waals surface area contributed by atoms with Gasteiger partial charge < -0.3 is 14.5 Å². The molecule has 8 heteroatoms. The van der Waals surface area contributed by atoms with E-state index in [0.29, 0.717) is 30.7 Å². The Morgan fingerprint density at radius 1 is 1.31 bits per heavy atom. The highest BCUT2D eigenvalue weighted by atomic mass is 32.1. The number of anilines is 1. The molecule has 0 saturated carbocycles. The lowest BCUT2D eigenvalue weighted by atomic mass is 9.97. The molecule has 26 heavy (non-hydrogen) atoms. The van der Waals surface area contributed by atoms with Crippen LogP contribution in [0.4, 0.5) is 5.95 Å². The van der Waals surface area contributed by atoms with Crippen LogP contribution < -0.4 is 5.32 Å². The summed E-state index contributed by atoms with van der Waals surface area (Å²) in [6.45, 7) is 1.26. The maximum atomic E-state index is 5.50. The van der Waals surface area contributed by atoms with Crippen LogP contribution in [-0.4, -0.2) is 39.8 Å². The molecule has 1 aliphatic carbocycles. The second-order valence-electron chi connectivity index (χ2n) is 6.39. The number of thiophene rings is 1. The fourth-order valence-corrected chi connectivity index (χ4v) is 4.77. The van der Waals surface area contributed by atoms with Gasteiger partial charge in [-0.1, -0.05) is 0 Å². The van der Waals surface area contributed by atoms with Gasteiger partial charge in [0.15, 0.2) is 11.4 Å². The lowest BCUT2D eigenvalue weighted by Gasteiger charge is -2.10. The lowest BCUT2D eigenvalue weighted by molar-refractivity contribution is 0.210. The summed E-state index contributed by atoms with van der Waals surface area (Å²) < 4.78 is 12.4. The predicted octanol–water partition coefficient (Wildman–Crippen LogP) is 3.54. The van der Waals surface area contributed by atoms with E-state index in [4.69, 9.17) is 19.1 Å². The normalized spacial score (nSPS) is 14.2. The molecule has 0 aliphatic heterocycles. The Kier molecular flexibility index (Phi) is 3.86. The monoisotopic (exact) mass is 369 g/mol. The Balaban J connectivity index is 1.74. The number of aromatic nitrogens is 4. The highest BCUT2D eigenvalue weighted by Crippen LogP contribution is 2.38. The van der Waals surface area contributed by atoms with Gasteiger partial charge in [-0.05, 0) is 43.4 Å². The molecule has 4 aromatic rings. The van der Waals surface area contributed by atoms with Crippen LogP contribution in [0.15, 0.2) is 22.8 Å². The average molecular weight is 369 g/mol. The van der Waals surface area contributed by atoms with Gasteiger partial charge in [-0.3, -0.25) is 0 Å². The molecule has 0 atom stereocenters. The van der Waals surface area contributed by atoms with Crippen LogP contribution in [0, 0.1) is 0 Å². The molecule has 1 N–H and O–H groups in total. The molecular weight excluding hydrogens is 350 g/mol. The maximum absolute atomic E-state index is 5.50. The molecule has 7 nitrogen and oxygen atoms in total. The molecule has 0 bridgehead atoms. The van der Waals surface area contributed by atoms with Crippen molar-refractivity contribution in [3.8, 4) is 11.6 Å². The van der Waals surface area contributed by atoms with Gasteiger partial charge in [0.25, 0.3) is 0 Å².